The molecule has 0 bridgehead atoms. The molecule has 5 aliphatic rings. The van der Waals surface area contributed by atoms with Gasteiger partial charge in [-0.2, -0.15) is 0 Å². The van der Waals surface area contributed by atoms with Gasteiger partial charge >= 0.3 is 11.9 Å². The molecule has 4 fully saturated rings. The first kappa shape index (κ1) is 38.5. The van der Waals surface area contributed by atoms with Crippen LogP contribution in [0.4, 0.5) is 0 Å². The van der Waals surface area contributed by atoms with Crippen LogP contribution in [0, 0.1) is 40.4 Å². The molecule has 2 N–H and O–H groups in total. The average molecular weight is 705 g/mol. The minimum absolute atomic E-state index is 0.0395. The summed E-state index contributed by atoms with van der Waals surface area (Å²) >= 11 is 0. The highest BCUT2D eigenvalue weighted by molar-refractivity contribution is 5.85. The van der Waals surface area contributed by atoms with Gasteiger partial charge in [0.2, 0.25) is 0 Å². The molecule has 0 saturated heterocycles. The van der Waals surface area contributed by atoms with Crippen molar-refractivity contribution in [2.24, 2.45) is 40.4 Å². The van der Waals surface area contributed by atoms with Crippen molar-refractivity contribution >= 4 is 11.9 Å². The topological polar surface area (TPSA) is 93.1 Å². The average Bonchev–Trinajstić information content (AvgIpc) is 3.57. The highest BCUT2D eigenvalue weighted by Crippen LogP contribution is 2.69. The molecule has 6 heteroatoms. The Bertz CT molecular complexity index is 1330. The van der Waals surface area contributed by atoms with Gasteiger partial charge in [0.1, 0.15) is 12.7 Å². The van der Waals surface area contributed by atoms with Gasteiger partial charge in [0, 0.05) is 17.4 Å². The molecule has 6 nitrogen and oxygen atoms in total. The zero-order valence-electron chi connectivity index (χ0n) is 32.1. The minimum atomic E-state index is -1.18. The lowest BCUT2D eigenvalue weighted by molar-refractivity contribution is -0.302. The summed E-state index contributed by atoms with van der Waals surface area (Å²) in [6.07, 6.45) is 21.1. The monoisotopic (exact) mass is 705 g/mol. The molecule has 1 heterocycles. The Morgan fingerprint density at radius 1 is 0.941 bits per heavy atom. The number of carbonyl (C=O) groups excluding carboxylic acids is 2. The summed E-state index contributed by atoms with van der Waals surface area (Å²) < 4.78 is 12.1. The Morgan fingerprint density at radius 2 is 1.63 bits per heavy atom. The zero-order valence-corrected chi connectivity index (χ0v) is 32.1. The van der Waals surface area contributed by atoms with Crippen molar-refractivity contribution in [3.63, 3.8) is 0 Å². The first-order chi connectivity index (χ1) is 24.6. The second kappa shape index (κ2) is 16.9. The number of benzene rings is 1. The highest BCUT2D eigenvalue weighted by Gasteiger charge is 2.71. The van der Waals surface area contributed by atoms with Gasteiger partial charge < -0.3 is 19.7 Å². The Hall–Kier alpha value is -2.18. The number of cyclic esters (lactones) is 1. The quantitative estimate of drug-likeness (QED) is 0.187. The molecule has 0 unspecified atom stereocenters. The highest BCUT2D eigenvalue weighted by atomic mass is 16.5. The van der Waals surface area contributed by atoms with Gasteiger partial charge in [-0.1, -0.05) is 109 Å². The molecule has 51 heavy (non-hydrogen) atoms. The lowest BCUT2D eigenvalue weighted by atomic mass is 9.38. The summed E-state index contributed by atoms with van der Waals surface area (Å²) in [5.74, 6) is 0.322. The molecule has 1 aromatic rings. The standard InChI is InChI=1S/C45H68O6/c1-32(15-13-19-34-17-7-4-8-18-34)16-14-26-44-39(46)25-27-43(3,37-22-11-6-12-23-37)41(44)38(51-42(48)36-20-9-5-10-21-36)29-33(2)45(44,49)28-24-35-30-40(47)50-31-35/h4,7-8,17-18,30,32-33,36-39,41,46,49H,5-6,9-16,19-29,31H2,1-3H3/t32-,33-,38-,39+,41+,43+,44+,45-/m1/s1. The van der Waals surface area contributed by atoms with Crippen molar-refractivity contribution in [2.45, 2.75) is 173 Å². The molecule has 1 aliphatic heterocycles. The molecule has 8 atom stereocenters. The summed E-state index contributed by atoms with van der Waals surface area (Å²) in [6.45, 7) is 7.22. The summed E-state index contributed by atoms with van der Waals surface area (Å²) in [6, 6.07) is 10.7. The fraction of sp³-hybridized carbons (Fsp3) is 0.778. The maximum absolute atomic E-state index is 14.0. The molecule has 0 spiro atoms. The van der Waals surface area contributed by atoms with E-state index in [1.807, 2.05) is 0 Å². The van der Waals surface area contributed by atoms with E-state index in [4.69, 9.17) is 9.47 Å². The third-order valence-corrected chi connectivity index (χ3v) is 15.0. The molecule has 1 aromatic carbocycles. The molecular weight excluding hydrogens is 636 g/mol. The van der Waals surface area contributed by atoms with Crippen LogP contribution >= 0.6 is 0 Å². The number of esters is 2. The Morgan fingerprint density at radius 3 is 2.31 bits per heavy atom. The molecule has 0 aromatic heterocycles. The number of carbonyl (C=O) groups is 2. The van der Waals surface area contributed by atoms with E-state index in [-0.39, 0.29) is 47.8 Å². The van der Waals surface area contributed by atoms with E-state index in [0.717, 1.165) is 76.2 Å². The summed E-state index contributed by atoms with van der Waals surface area (Å²) in [4.78, 5) is 26.1. The van der Waals surface area contributed by atoms with Gasteiger partial charge in [0.05, 0.1) is 17.6 Å². The van der Waals surface area contributed by atoms with Crippen molar-refractivity contribution < 1.29 is 29.3 Å². The van der Waals surface area contributed by atoms with Crippen LogP contribution in [0.25, 0.3) is 0 Å². The van der Waals surface area contributed by atoms with Crippen molar-refractivity contribution in [1.29, 1.82) is 0 Å². The molecule has 6 rings (SSSR count). The van der Waals surface area contributed by atoms with Gasteiger partial charge in [-0.15, -0.1) is 0 Å². The number of ether oxygens (including phenoxy) is 2. The molecule has 0 radical (unpaired) electrons. The van der Waals surface area contributed by atoms with E-state index in [1.165, 1.54) is 44.1 Å². The SMILES string of the molecule is C[C@H](CCCc1ccccc1)CCC[C@]12[C@@H]([C@H](OC(=O)C3CCCCC3)C[C@@H](C)[C@]1(O)CCC1=CC(=O)OC1)[C@](C)(C1CCCCC1)CC[C@@H]2O. The van der Waals surface area contributed by atoms with Gasteiger partial charge in [-0.25, -0.2) is 4.79 Å². The van der Waals surface area contributed by atoms with E-state index in [1.54, 1.807) is 6.08 Å². The molecule has 4 saturated carbocycles. The van der Waals surface area contributed by atoms with Crippen LogP contribution in [0.3, 0.4) is 0 Å². The van der Waals surface area contributed by atoms with Crippen LogP contribution in [-0.4, -0.2) is 46.6 Å². The van der Waals surface area contributed by atoms with Crippen LogP contribution in [0.5, 0.6) is 0 Å². The van der Waals surface area contributed by atoms with Gasteiger partial charge in [-0.3, -0.25) is 4.79 Å². The molecule has 4 aliphatic carbocycles. The van der Waals surface area contributed by atoms with E-state index < -0.39 is 17.1 Å². The van der Waals surface area contributed by atoms with Gasteiger partial charge in [0.25, 0.3) is 0 Å². The largest absolute Gasteiger partial charge is 0.462 e. The van der Waals surface area contributed by atoms with Crippen LogP contribution in [-0.2, 0) is 25.5 Å². The van der Waals surface area contributed by atoms with Crippen LogP contribution in [0.1, 0.15) is 155 Å². The third kappa shape index (κ3) is 8.17. The zero-order chi connectivity index (χ0) is 36.1. The van der Waals surface area contributed by atoms with E-state index >= 15 is 0 Å². The van der Waals surface area contributed by atoms with Crippen molar-refractivity contribution in [1.82, 2.24) is 0 Å². The van der Waals surface area contributed by atoms with Crippen molar-refractivity contribution in [2.75, 3.05) is 6.61 Å². The second-order valence-electron chi connectivity index (χ2n) is 18.1. The Kier molecular flexibility index (Phi) is 12.8. The predicted molar refractivity (Wildman–Crippen MR) is 202 cm³/mol. The number of rotatable bonds is 14. The maximum Gasteiger partial charge on any atom is 0.331 e. The lowest BCUT2D eigenvalue weighted by Gasteiger charge is -2.69. The lowest BCUT2D eigenvalue weighted by Crippen LogP contribution is -2.73. The smallest absolute Gasteiger partial charge is 0.331 e. The summed E-state index contributed by atoms with van der Waals surface area (Å²) in [5, 5.41) is 26.1. The van der Waals surface area contributed by atoms with Crippen molar-refractivity contribution in [3.8, 4) is 0 Å². The number of aliphatic hydroxyl groups excluding tert-OH is 1. The van der Waals surface area contributed by atoms with Crippen LogP contribution in [0.2, 0.25) is 0 Å². The number of aliphatic hydroxyl groups is 2. The third-order valence-electron chi connectivity index (χ3n) is 15.0. The first-order valence-electron chi connectivity index (χ1n) is 21.1. The number of aryl methyl sites for hydroxylation is 1. The van der Waals surface area contributed by atoms with E-state index in [0.29, 0.717) is 37.5 Å². The van der Waals surface area contributed by atoms with Crippen molar-refractivity contribution in [3.05, 3.63) is 47.5 Å². The Balaban J connectivity index is 1.32. The molecule has 0 amide bonds. The predicted octanol–water partition coefficient (Wildman–Crippen LogP) is 9.69. The van der Waals surface area contributed by atoms with Crippen LogP contribution in [0.15, 0.2) is 42.0 Å². The number of hydrogen-bond donors (Lipinski definition) is 2. The summed E-state index contributed by atoms with van der Waals surface area (Å²) in [5.41, 5.74) is 0.159. The molecular formula is C45H68O6. The normalized spacial score (nSPS) is 35.5. The van der Waals surface area contributed by atoms with Gasteiger partial charge in [-0.05, 0) is 111 Å². The fourth-order valence-electron chi connectivity index (χ4n) is 12.1. The number of hydrogen-bond acceptors (Lipinski definition) is 6. The fourth-order valence-corrected chi connectivity index (χ4v) is 12.1. The maximum atomic E-state index is 14.0. The summed E-state index contributed by atoms with van der Waals surface area (Å²) in [7, 11) is 0. The number of fused-ring (bicyclic) bond motifs is 1. The van der Waals surface area contributed by atoms with Gasteiger partial charge in [0.15, 0.2) is 0 Å². The second-order valence-corrected chi connectivity index (χ2v) is 18.1. The van der Waals surface area contributed by atoms with E-state index in [2.05, 4.69) is 51.1 Å². The van der Waals surface area contributed by atoms with Crippen LogP contribution < -0.4 is 0 Å². The Labute approximate surface area is 308 Å². The minimum Gasteiger partial charge on any atom is -0.462 e. The van der Waals surface area contributed by atoms with E-state index in [9.17, 15) is 19.8 Å². The first-order valence-corrected chi connectivity index (χ1v) is 21.1. The molecule has 284 valence electrons.